The Labute approximate surface area is 116 Å². The highest BCUT2D eigenvalue weighted by Gasteiger charge is 2.52. The SMILES string of the molecule is CCC(C)(OC)C(=O)NC12CC3CC(CC(C3)C1)C2. The molecule has 1 amide bonds. The number of carbonyl (C=O) groups is 1. The lowest BCUT2D eigenvalue weighted by Crippen LogP contribution is -2.63. The smallest absolute Gasteiger partial charge is 0.252 e. The Morgan fingerprint density at radius 2 is 1.68 bits per heavy atom. The molecule has 0 aliphatic heterocycles. The molecule has 108 valence electrons. The third-order valence-corrected chi connectivity index (χ3v) is 6.02. The van der Waals surface area contributed by atoms with E-state index < -0.39 is 5.60 Å². The third-order valence-electron chi connectivity index (χ3n) is 6.02. The molecule has 4 bridgehead atoms. The molecular formula is C16H27NO2. The van der Waals surface area contributed by atoms with Crippen molar-refractivity contribution in [1.82, 2.24) is 5.32 Å². The maximum atomic E-state index is 12.6. The van der Waals surface area contributed by atoms with Crippen LogP contribution in [0.2, 0.25) is 0 Å². The average molecular weight is 265 g/mol. The Morgan fingerprint density at radius 3 is 2.05 bits per heavy atom. The molecule has 0 saturated heterocycles. The zero-order valence-corrected chi connectivity index (χ0v) is 12.5. The molecule has 4 saturated carbocycles. The minimum absolute atomic E-state index is 0.0967. The van der Waals surface area contributed by atoms with E-state index in [1.54, 1.807) is 7.11 Å². The van der Waals surface area contributed by atoms with Crippen molar-refractivity contribution in [3.8, 4) is 0 Å². The fraction of sp³-hybridized carbons (Fsp3) is 0.938. The lowest BCUT2D eigenvalue weighted by atomic mass is 9.53. The van der Waals surface area contributed by atoms with E-state index in [1.165, 1.54) is 38.5 Å². The van der Waals surface area contributed by atoms with Crippen LogP contribution in [0.5, 0.6) is 0 Å². The number of nitrogens with one attached hydrogen (secondary N) is 1. The summed E-state index contributed by atoms with van der Waals surface area (Å²) in [6, 6.07) is 0. The van der Waals surface area contributed by atoms with Crippen LogP contribution in [-0.4, -0.2) is 24.2 Å². The van der Waals surface area contributed by atoms with Gasteiger partial charge in [-0.2, -0.15) is 0 Å². The molecule has 1 unspecified atom stereocenters. The Kier molecular flexibility index (Phi) is 3.16. The molecule has 4 aliphatic carbocycles. The van der Waals surface area contributed by atoms with E-state index in [9.17, 15) is 4.79 Å². The van der Waals surface area contributed by atoms with Gasteiger partial charge in [-0.05, 0) is 69.6 Å². The van der Waals surface area contributed by atoms with Crippen molar-refractivity contribution in [1.29, 1.82) is 0 Å². The van der Waals surface area contributed by atoms with Gasteiger partial charge in [-0.15, -0.1) is 0 Å². The summed E-state index contributed by atoms with van der Waals surface area (Å²) in [4.78, 5) is 12.6. The van der Waals surface area contributed by atoms with E-state index in [4.69, 9.17) is 4.74 Å². The molecule has 0 aromatic heterocycles. The first-order chi connectivity index (χ1) is 8.98. The Bertz CT molecular complexity index is 338. The van der Waals surface area contributed by atoms with E-state index >= 15 is 0 Å². The maximum Gasteiger partial charge on any atom is 0.252 e. The molecular weight excluding hydrogens is 238 g/mol. The summed E-state index contributed by atoms with van der Waals surface area (Å²) in [5, 5.41) is 3.40. The minimum atomic E-state index is -0.663. The fourth-order valence-corrected chi connectivity index (χ4v) is 5.03. The number of rotatable bonds is 4. The molecule has 0 spiro atoms. The summed E-state index contributed by atoms with van der Waals surface area (Å²) in [7, 11) is 1.64. The van der Waals surface area contributed by atoms with Crippen LogP contribution < -0.4 is 5.32 Å². The largest absolute Gasteiger partial charge is 0.369 e. The van der Waals surface area contributed by atoms with Crippen molar-refractivity contribution >= 4 is 5.91 Å². The Hall–Kier alpha value is -0.570. The topological polar surface area (TPSA) is 38.3 Å². The van der Waals surface area contributed by atoms with Gasteiger partial charge in [-0.25, -0.2) is 0 Å². The van der Waals surface area contributed by atoms with Gasteiger partial charge in [0.2, 0.25) is 0 Å². The second-order valence-corrected chi connectivity index (χ2v) is 7.44. The summed E-state index contributed by atoms with van der Waals surface area (Å²) in [6.07, 6.45) is 8.55. The number of hydrogen-bond donors (Lipinski definition) is 1. The van der Waals surface area contributed by atoms with Gasteiger partial charge in [0.25, 0.3) is 5.91 Å². The highest BCUT2D eigenvalue weighted by atomic mass is 16.5. The predicted molar refractivity (Wildman–Crippen MR) is 74.8 cm³/mol. The predicted octanol–water partition coefficient (Wildman–Crippen LogP) is 2.89. The van der Waals surface area contributed by atoms with Crippen molar-refractivity contribution in [3.63, 3.8) is 0 Å². The molecule has 0 aromatic carbocycles. The van der Waals surface area contributed by atoms with Crippen molar-refractivity contribution in [2.75, 3.05) is 7.11 Å². The molecule has 1 N–H and O–H groups in total. The quantitative estimate of drug-likeness (QED) is 0.849. The van der Waals surface area contributed by atoms with Gasteiger partial charge >= 0.3 is 0 Å². The van der Waals surface area contributed by atoms with Gasteiger partial charge in [0, 0.05) is 12.6 Å². The van der Waals surface area contributed by atoms with Crippen molar-refractivity contribution in [3.05, 3.63) is 0 Å². The van der Waals surface area contributed by atoms with Crippen LogP contribution in [0, 0.1) is 17.8 Å². The van der Waals surface area contributed by atoms with Crippen LogP contribution in [0.1, 0.15) is 58.8 Å². The van der Waals surface area contributed by atoms with E-state index in [1.807, 2.05) is 13.8 Å². The monoisotopic (exact) mass is 265 g/mol. The standard InChI is InChI=1S/C16H27NO2/c1-4-15(2,19-3)14(18)17-16-8-11-5-12(9-16)7-13(6-11)10-16/h11-13H,4-10H2,1-3H3,(H,17,18). The van der Waals surface area contributed by atoms with E-state index in [0.717, 1.165) is 24.2 Å². The zero-order chi connectivity index (χ0) is 13.7. The molecule has 4 fully saturated rings. The van der Waals surface area contributed by atoms with Crippen LogP contribution >= 0.6 is 0 Å². The highest BCUT2D eigenvalue weighted by Crippen LogP contribution is 2.55. The minimum Gasteiger partial charge on any atom is -0.369 e. The highest BCUT2D eigenvalue weighted by molar-refractivity contribution is 5.85. The number of carbonyl (C=O) groups excluding carboxylic acids is 1. The maximum absolute atomic E-state index is 12.6. The molecule has 0 heterocycles. The number of methoxy groups -OCH3 is 1. The first-order valence-corrected chi connectivity index (χ1v) is 7.86. The summed E-state index contributed by atoms with van der Waals surface area (Å²) >= 11 is 0. The Balaban J connectivity index is 1.74. The van der Waals surface area contributed by atoms with Gasteiger partial charge < -0.3 is 10.1 Å². The summed E-state index contributed by atoms with van der Waals surface area (Å²) < 4.78 is 5.45. The number of ether oxygens (including phenoxy) is 1. The lowest BCUT2D eigenvalue weighted by Gasteiger charge is -2.57. The van der Waals surface area contributed by atoms with E-state index in [0.29, 0.717) is 0 Å². The van der Waals surface area contributed by atoms with Crippen LogP contribution in [0.4, 0.5) is 0 Å². The van der Waals surface area contributed by atoms with Gasteiger partial charge in [0.15, 0.2) is 0 Å². The molecule has 4 rings (SSSR count). The lowest BCUT2D eigenvalue weighted by molar-refractivity contribution is -0.147. The van der Waals surface area contributed by atoms with Gasteiger partial charge in [0.1, 0.15) is 5.60 Å². The molecule has 0 radical (unpaired) electrons. The zero-order valence-electron chi connectivity index (χ0n) is 12.5. The Morgan fingerprint density at radius 1 is 1.21 bits per heavy atom. The van der Waals surface area contributed by atoms with Gasteiger partial charge in [0.05, 0.1) is 0 Å². The van der Waals surface area contributed by atoms with E-state index in [-0.39, 0.29) is 11.4 Å². The van der Waals surface area contributed by atoms with Crippen LogP contribution in [0.15, 0.2) is 0 Å². The number of hydrogen-bond acceptors (Lipinski definition) is 2. The average Bonchev–Trinajstić information content (AvgIpc) is 2.35. The molecule has 0 aromatic rings. The first kappa shape index (κ1) is 13.4. The summed E-state index contributed by atoms with van der Waals surface area (Å²) in [5.41, 5.74) is -0.565. The van der Waals surface area contributed by atoms with Crippen molar-refractivity contribution in [2.24, 2.45) is 17.8 Å². The number of amides is 1. The second-order valence-electron chi connectivity index (χ2n) is 7.44. The van der Waals surface area contributed by atoms with E-state index in [2.05, 4.69) is 5.32 Å². The molecule has 19 heavy (non-hydrogen) atoms. The fourth-order valence-electron chi connectivity index (χ4n) is 5.03. The molecule has 1 atom stereocenters. The molecule has 4 aliphatic rings. The van der Waals surface area contributed by atoms with Gasteiger partial charge in [-0.3, -0.25) is 4.79 Å². The van der Waals surface area contributed by atoms with Crippen LogP contribution in [0.25, 0.3) is 0 Å². The summed E-state index contributed by atoms with van der Waals surface area (Å²) in [5.74, 6) is 2.69. The van der Waals surface area contributed by atoms with Crippen LogP contribution in [0.3, 0.4) is 0 Å². The second kappa shape index (κ2) is 4.47. The molecule has 3 nitrogen and oxygen atoms in total. The normalized spacial score (nSPS) is 43.0. The van der Waals surface area contributed by atoms with Crippen molar-refractivity contribution in [2.45, 2.75) is 69.9 Å². The first-order valence-electron chi connectivity index (χ1n) is 7.86. The molecule has 3 heteroatoms. The third kappa shape index (κ3) is 2.20. The van der Waals surface area contributed by atoms with Gasteiger partial charge in [-0.1, -0.05) is 6.92 Å². The van der Waals surface area contributed by atoms with Crippen molar-refractivity contribution < 1.29 is 9.53 Å². The summed E-state index contributed by atoms with van der Waals surface area (Å²) in [6.45, 7) is 3.92. The van der Waals surface area contributed by atoms with Crippen LogP contribution in [-0.2, 0) is 9.53 Å².